The fourth-order valence-corrected chi connectivity index (χ4v) is 6.12. The van der Waals surface area contributed by atoms with Gasteiger partial charge in [-0.2, -0.15) is 5.10 Å². The predicted octanol–water partition coefficient (Wildman–Crippen LogP) is 4.98. The number of piperidine rings is 1. The molecule has 2 aliphatic heterocycles. The number of imidazole rings is 1. The molecule has 0 radical (unpaired) electrons. The minimum Gasteiger partial charge on any atom is -0.479 e. The number of hydrogen-bond donors (Lipinski definition) is 2. The van der Waals surface area contributed by atoms with E-state index in [0.29, 0.717) is 38.1 Å². The predicted molar refractivity (Wildman–Crippen MR) is 144 cm³/mol. The van der Waals surface area contributed by atoms with Crippen LogP contribution < -0.4 is 4.90 Å². The number of aliphatic carboxylic acids is 1. The van der Waals surface area contributed by atoms with Crippen molar-refractivity contribution in [1.29, 1.82) is 0 Å². The maximum absolute atomic E-state index is 14.0. The molecule has 2 unspecified atom stereocenters. The van der Waals surface area contributed by atoms with Crippen LogP contribution in [0.1, 0.15) is 30.3 Å². The highest BCUT2D eigenvalue weighted by atomic mass is 35.5. The maximum atomic E-state index is 14.0. The minimum atomic E-state index is -1.24. The highest BCUT2D eigenvalue weighted by Gasteiger charge is 2.34. The van der Waals surface area contributed by atoms with Crippen LogP contribution in [0.3, 0.4) is 0 Å². The van der Waals surface area contributed by atoms with Crippen molar-refractivity contribution in [2.45, 2.75) is 38.0 Å². The molecule has 0 aliphatic carbocycles. The highest BCUT2D eigenvalue weighted by Crippen LogP contribution is 2.40. The Hall–Kier alpha value is -3.14. The van der Waals surface area contributed by atoms with Gasteiger partial charge in [-0.25, -0.2) is 14.2 Å². The molecule has 38 heavy (non-hydrogen) atoms. The standard InChI is InChI=1S/C27H26Cl2FN5O3/c28-21-10-19(16-1-3-18(4-2-16)33-7-5-15(13-36)6-8-33)23(29)24-20(21)12-35(32-24)26(27(37)38)25-22-9-17(30)11-34(22)14-31-25/h1-4,10,12,14-15,17,26,36H,5-9,11,13H2,(H,37,38). The lowest BCUT2D eigenvalue weighted by Crippen LogP contribution is -2.34. The summed E-state index contributed by atoms with van der Waals surface area (Å²) in [5.74, 6) is -0.790. The van der Waals surface area contributed by atoms with Crippen LogP contribution in [-0.4, -0.2) is 61.4 Å². The number of aliphatic hydroxyl groups excluding tert-OH is 1. The summed E-state index contributed by atoms with van der Waals surface area (Å²) in [5.41, 5.74) is 3.85. The van der Waals surface area contributed by atoms with Gasteiger partial charge in [0.05, 0.1) is 28.6 Å². The Morgan fingerprint density at radius 2 is 1.92 bits per heavy atom. The van der Waals surface area contributed by atoms with Gasteiger partial charge < -0.3 is 19.7 Å². The lowest BCUT2D eigenvalue weighted by molar-refractivity contribution is -0.139. The molecule has 198 valence electrons. The summed E-state index contributed by atoms with van der Waals surface area (Å²) in [7, 11) is 0. The Labute approximate surface area is 228 Å². The number of aromatic nitrogens is 4. The lowest BCUT2D eigenvalue weighted by atomic mass is 9.97. The van der Waals surface area contributed by atoms with Crippen LogP contribution in [0, 0.1) is 5.92 Å². The zero-order chi connectivity index (χ0) is 26.6. The number of fused-ring (bicyclic) bond motifs is 2. The molecule has 1 saturated heterocycles. The number of alkyl halides is 1. The summed E-state index contributed by atoms with van der Waals surface area (Å²) in [6, 6.07) is 8.57. The van der Waals surface area contributed by atoms with Gasteiger partial charge >= 0.3 is 5.97 Å². The van der Waals surface area contributed by atoms with Crippen LogP contribution in [0.5, 0.6) is 0 Å². The largest absolute Gasteiger partial charge is 0.479 e. The van der Waals surface area contributed by atoms with Gasteiger partial charge in [0.25, 0.3) is 0 Å². The SMILES string of the molecule is O=C(O)C(c1ncn2c1CC(F)C2)n1cc2c(Cl)cc(-c3ccc(N4CCC(CO)CC4)cc3)c(Cl)c2n1. The molecule has 0 amide bonds. The molecule has 0 spiro atoms. The van der Waals surface area contributed by atoms with Crippen molar-refractivity contribution in [3.63, 3.8) is 0 Å². The summed E-state index contributed by atoms with van der Waals surface area (Å²) in [6.45, 7) is 2.20. The van der Waals surface area contributed by atoms with E-state index in [-0.39, 0.29) is 25.3 Å². The molecule has 2 atom stereocenters. The van der Waals surface area contributed by atoms with Crippen LogP contribution >= 0.6 is 23.2 Å². The molecule has 4 heterocycles. The van der Waals surface area contributed by atoms with Gasteiger partial charge in [-0.05, 0) is 42.5 Å². The van der Waals surface area contributed by atoms with Crippen LogP contribution in [0.2, 0.25) is 10.0 Å². The van der Waals surface area contributed by atoms with Crippen molar-refractivity contribution < 1.29 is 19.4 Å². The van der Waals surface area contributed by atoms with E-state index in [1.165, 1.54) is 11.0 Å². The second-order valence-electron chi connectivity index (χ2n) is 10.0. The van der Waals surface area contributed by atoms with Crippen molar-refractivity contribution in [1.82, 2.24) is 19.3 Å². The molecule has 0 bridgehead atoms. The molecule has 11 heteroatoms. The van der Waals surface area contributed by atoms with Gasteiger partial charge in [0, 0.05) is 54.6 Å². The molecular weight excluding hydrogens is 532 g/mol. The van der Waals surface area contributed by atoms with E-state index in [0.717, 1.165) is 37.2 Å². The summed E-state index contributed by atoms with van der Waals surface area (Å²) in [5, 5.41) is 25.3. The maximum Gasteiger partial charge on any atom is 0.334 e. The van der Waals surface area contributed by atoms with Gasteiger partial charge in [0.2, 0.25) is 0 Å². The van der Waals surface area contributed by atoms with Gasteiger partial charge in [-0.15, -0.1) is 0 Å². The number of carboxylic acids is 1. The number of hydrogen-bond acceptors (Lipinski definition) is 5. The average molecular weight is 558 g/mol. The quantitative estimate of drug-likeness (QED) is 0.347. The van der Waals surface area contributed by atoms with Crippen LogP contribution in [0.15, 0.2) is 42.9 Å². The molecule has 0 saturated carbocycles. The normalized spacial score (nSPS) is 18.7. The third-order valence-electron chi connectivity index (χ3n) is 7.67. The van der Waals surface area contributed by atoms with Gasteiger partial charge in [-0.3, -0.25) is 4.68 Å². The number of carboxylic acid groups (broad SMARTS) is 1. The molecular formula is C27H26Cl2FN5O3. The monoisotopic (exact) mass is 557 g/mol. The topological polar surface area (TPSA) is 96.4 Å². The van der Waals surface area contributed by atoms with Crippen molar-refractivity contribution in [3.05, 3.63) is 64.3 Å². The molecule has 8 nitrogen and oxygen atoms in total. The van der Waals surface area contributed by atoms with Gasteiger partial charge in [0.1, 0.15) is 11.7 Å². The molecule has 2 N–H and O–H groups in total. The molecule has 2 aromatic carbocycles. The van der Waals surface area contributed by atoms with E-state index in [4.69, 9.17) is 23.2 Å². The van der Waals surface area contributed by atoms with Crippen LogP contribution in [-0.2, 0) is 17.8 Å². The van der Waals surface area contributed by atoms with Crippen molar-refractivity contribution >= 4 is 45.8 Å². The van der Waals surface area contributed by atoms with E-state index in [2.05, 4.69) is 15.0 Å². The highest BCUT2D eigenvalue weighted by molar-refractivity contribution is 6.42. The fraction of sp³-hybridized carbons (Fsp3) is 0.370. The van der Waals surface area contributed by atoms with Crippen molar-refractivity contribution in [2.24, 2.45) is 5.92 Å². The first-order valence-corrected chi connectivity index (χ1v) is 13.3. The van der Waals surface area contributed by atoms with Gasteiger partial charge in [0.15, 0.2) is 6.04 Å². The lowest BCUT2D eigenvalue weighted by Gasteiger charge is -2.33. The second-order valence-corrected chi connectivity index (χ2v) is 10.8. The second kappa shape index (κ2) is 9.87. The molecule has 1 fully saturated rings. The molecule has 2 aromatic heterocycles. The first-order valence-electron chi connectivity index (χ1n) is 12.6. The van der Waals surface area contributed by atoms with E-state index in [1.807, 2.05) is 24.3 Å². The average Bonchev–Trinajstić information content (AvgIpc) is 3.62. The summed E-state index contributed by atoms with van der Waals surface area (Å²) in [6.07, 6.45) is 4.00. The van der Waals surface area contributed by atoms with E-state index < -0.39 is 18.2 Å². The smallest absolute Gasteiger partial charge is 0.334 e. The Morgan fingerprint density at radius 3 is 2.61 bits per heavy atom. The van der Waals surface area contributed by atoms with Crippen LogP contribution in [0.4, 0.5) is 10.1 Å². The van der Waals surface area contributed by atoms with Crippen LogP contribution in [0.25, 0.3) is 22.0 Å². The molecule has 4 aromatic rings. The zero-order valence-electron chi connectivity index (χ0n) is 20.4. The molecule has 6 rings (SSSR count). The number of nitrogens with zero attached hydrogens (tertiary/aromatic N) is 5. The third kappa shape index (κ3) is 4.32. The van der Waals surface area contributed by atoms with Crippen molar-refractivity contribution in [2.75, 3.05) is 24.6 Å². The first kappa shape index (κ1) is 25.2. The summed E-state index contributed by atoms with van der Waals surface area (Å²) in [4.78, 5) is 18.9. The number of benzene rings is 2. The minimum absolute atomic E-state index is 0.112. The summed E-state index contributed by atoms with van der Waals surface area (Å²) < 4.78 is 16.9. The first-order chi connectivity index (χ1) is 18.3. The fourth-order valence-electron chi connectivity index (χ4n) is 5.57. The Bertz CT molecular complexity index is 1510. The Morgan fingerprint density at radius 1 is 1.18 bits per heavy atom. The van der Waals surface area contributed by atoms with E-state index in [1.54, 1.807) is 16.8 Å². The number of rotatable bonds is 6. The third-order valence-corrected chi connectivity index (χ3v) is 8.36. The number of carbonyl (C=O) groups is 1. The Kier molecular flexibility index (Phi) is 6.53. The number of anilines is 1. The van der Waals surface area contributed by atoms with E-state index >= 15 is 0 Å². The van der Waals surface area contributed by atoms with E-state index in [9.17, 15) is 19.4 Å². The Balaban J connectivity index is 1.34. The molecule has 2 aliphatic rings. The number of halogens is 3. The van der Waals surface area contributed by atoms with Gasteiger partial charge in [-0.1, -0.05) is 35.3 Å². The summed E-state index contributed by atoms with van der Waals surface area (Å²) >= 11 is 13.5. The van der Waals surface area contributed by atoms with Crippen molar-refractivity contribution in [3.8, 4) is 11.1 Å². The number of aliphatic hydroxyl groups is 1. The zero-order valence-corrected chi connectivity index (χ0v) is 21.9.